The van der Waals surface area contributed by atoms with Gasteiger partial charge in [0.1, 0.15) is 17.3 Å². The van der Waals surface area contributed by atoms with Gasteiger partial charge in [0.05, 0.1) is 4.88 Å². The van der Waals surface area contributed by atoms with Gasteiger partial charge in [0.15, 0.2) is 11.6 Å². The Morgan fingerprint density at radius 3 is 2.39 bits per heavy atom. The second-order valence-electron chi connectivity index (χ2n) is 7.32. The second kappa shape index (κ2) is 10.0. The summed E-state index contributed by atoms with van der Waals surface area (Å²) in [6.45, 7) is 0.105. The van der Waals surface area contributed by atoms with Gasteiger partial charge in [0.25, 0.3) is 11.8 Å². The Morgan fingerprint density at radius 1 is 1.00 bits per heavy atom. The molecule has 0 aliphatic heterocycles. The van der Waals surface area contributed by atoms with Crippen LogP contribution in [0.3, 0.4) is 0 Å². The number of amides is 2. The minimum Gasteiger partial charge on any atom is -0.483 e. The maximum Gasteiger partial charge on any atom is 0.270 e. The van der Waals surface area contributed by atoms with E-state index in [4.69, 9.17) is 4.74 Å². The molecule has 162 valence electrons. The van der Waals surface area contributed by atoms with E-state index in [-0.39, 0.29) is 36.3 Å². The zero-order valence-corrected chi connectivity index (χ0v) is 18.3. The van der Waals surface area contributed by atoms with E-state index in [1.807, 2.05) is 17.5 Å². The molecule has 4 rings (SSSR count). The van der Waals surface area contributed by atoms with Gasteiger partial charge in [-0.15, -0.1) is 22.7 Å². The Morgan fingerprint density at radius 2 is 1.71 bits per heavy atom. The monoisotopic (exact) mass is 459 g/mol. The van der Waals surface area contributed by atoms with E-state index in [9.17, 15) is 14.0 Å². The number of halogens is 1. The predicted octanol–water partition coefficient (Wildman–Crippen LogP) is 4.39. The normalized spacial score (nSPS) is 18.4. The average Bonchev–Trinajstić information content (AvgIpc) is 3.47. The number of hydrogen-bond acceptors (Lipinski definition) is 6. The standard InChI is InChI=1S/C22H22FN3O3S2/c23-16-4-1-2-5-18(16)29-12-20-26-17(13-31-20)21(27)24-14-7-9-15(10-8-14)25-22(28)19-6-3-11-30-19/h1-6,11,13-15H,7-10,12H2,(H,24,27)(H,25,28). The molecule has 0 spiro atoms. The number of para-hydroxylation sites is 1. The number of nitrogens with zero attached hydrogens (tertiary/aromatic N) is 1. The number of carbonyl (C=O) groups excluding carboxylic acids is 2. The molecule has 1 aromatic carbocycles. The number of carbonyl (C=O) groups is 2. The smallest absolute Gasteiger partial charge is 0.270 e. The van der Waals surface area contributed by atoms with Crippen molar-refractivity contribution in [2.24, 2.45) is 0 Å². The van der Waals surface area contributed by atoms with Crippen LogP contribution in [0.1, 0.15) is 50.9 Å². The number of rotatable bonds is 7. The van der Waals surface area contributed by atoms with Crippen LogP contribution in [0, 0.1) is 5.82 Å². The number of benzene rings is 1. The van der Waals surface area contributed by atoms with Crippen molar-refractivity contribution in [2.45, 2.75) is 44.4 Å². The summed E-state index contributed by atoms with van der Waals surface area (Å²) >= 11 is 2.73. The molecule has 1 aliphatic carbocycles. The SMILES string of the molecule is O=C(NC1CCC(NC(=O)c2cccs2)CC1)c1csc(COc2ccccc2F)n1. The number of aromatic nitrogens is 1. The van der Waals surface area contributed by atoms with E-state index in [1.165, 1.54) is 28.7 Å². The molecule has 9 heteroatoms. The summed E-state index contributed by atoms with van der Waals surface area (Å²) in [6.07, 6.45) is 3.24. The van der Waals surface area contributed by atoms with Crippen molar-refractivity contribution < 1.29 is 18.7 Å². The zero-order chi connectivity index (χ0) is 21.6. The highest BCUT2D eigenvalue weighted by molar-refractivity contribution is 7.12. The zero-order valence-electron chi connectivity index (χ0n) is 16.7. The fraction of sp³-hybridized carbons (Fsp3) is 0.318. The Hall–Kier alpha value is -2.78. The highest BCUT2D eigenvalue weighted by atomic mass is 32.1. The van der Waals surface area contributed by atoms with Crippen molar-refractivity contribution >= 4 is 34.5 Å². The van der Waals surface area contributed by atoms with Crippen LogP contribution >= 0.6 is 22.7 Å². The van der Waals surface area contributed by atoms with Gasteiger partial charge in [-0.2, -0.15) is 0 Å². The van der Waals surface area contributed by atoms with Crippen LogP contribution in [0.15, 0.2) is 47.2 Å². The molecule has 6 nitrogen and oxygen atoms in total. The van der Waals surface area contributed by atoms with E-state index in [2.05, 4.69) is 15.6 Å². The minimum absolute atomic E-state index is 0.0323. The first-order valence-electron chi connectivity index (χ1n) is 10.1. The van der Waals surface area contributed by atoms with E-state index < -0.39 is 5.82 Å². The summed E-state index contributed by atoms with van der Waals surface area (Å²) in [4.78, 5) is 29.7. The van der Waals surface area contributed by atoms with Crippen molar-refractivity contribution in [1.29, 1.82) is 0 Å². The van der Waals surface area contributed by atoms with Gasteiger partial charge in [-0.05, 0) is 49.3 Å². The third-order valence-electron chi connectivity index (χ3n) is 5.11. The first-order chi connectivity index (χ1) is 15.1. The van der Waals surface area contributed by atoms with Gasteiger partial charge in [-0.3, -0.25) is 9.59 Å². The van der Waals surface area contributed by atoms with Crippen LogP contribution in [-0.2, 0) is 6.61 Å². The van der Waals surface area contributed by atoms with Gasteiger partial charge in [0, 0.05) is 17.5 Å². The van der Waals surface area contributed by atoms with Gasteiger partial charge < -0.3 is 15.4 Å². The molecule has 0 saturated heterocycles. The van der Waals surface area contributed by atoms with Crippen LogP contribution in [0.25, 0.3) is 0 Å². The summed E-state index contributed by atoms with van der Waals surface area (Å²) in [5.74, 6) is -0.527. The lowest BCUT2D eigenvalue weighted by Crippen LogP contribution is -2.43. The van der Waals surface area contributed by atoms with Crippen molar-refractivity contribution in [3.05, 3.63) is 68.6 Å². The number of thiazole rings is 1. The highest BCUT2D eigenvalue weighted by Gasteiger charge is 2.25. The van der Waals surface area contributed by atoms with Crippen molar-refractivity contribution in [3.63, 3.8) is 0 Å². The molecule has 1 fully saturated rings. The lowest BCUT2D eigenvalue weighted by atomic mass is 9.91. The van der Waals surface area contributed by atoms with Gasteiger partial charge in [-0.25, -0.2) is 9.37 Å². The fourth-order valence-electron chi connectivity index (χ4n) is 3.49. The average molecular weight is 460 g/mol. The van der Waals surface area contributed by atoms with E-state index in [0.29, 0.717) is 15.6 Å². The van der Waals surface area contributed by atoms with Crippen molar-refractivity contribution in [1.82, 2.24) is 15.6 Å². The van der Waals surface area contributed by atoms with Crippen LogP contribution in [0.2, 0.25) is 0 Å². The summed E-state index contributed by atoms with van der Waals surface area (Å²) in [6, 6.07) is 10.0. The third kappa shape index (κ3) is 5.68. The molecule has 3 aromatic rings. The maximum absolute atomic E-state index is 13.6. The minimum atomic E-state index is -0.431. The molecule has 1 saturated carbocycles. The van der Waals surface area contributed by atoms with Gasteiger partial charge in [0.2, 0.25) is 0 Å². The molecule has 0 bridgehead atoms. The summed E-state index contributed by atoms with van der Waals surface area (Å²) in [5.41, 5.74) is 0.338. The first-order valence-corrected chi connectivity index (χ1v) is 11.8. The number of nitrogens with one attached hydrogen (secondary N) is 2. The van der Waals surface area contributed by atoms with Gasteiger partial charge >= 0.3 is 0 Å². The number of hydrogen-bond donors (Lipinski definition) is 2. The lowest BCUT2D eigenvalue weighted by molar-refractivity contribution is 0.0891. The number of ether oxygens (including phenoxy) is 1. The lowest BCUT2D eigenvalue weighted by Gasteiger charge is -2.29. The Bertz CT molecular complexity index is 1030. The Kier molecular flexibility index (Phi) is 6.93. The molecule has 0 radical (unpaired) electrons. The Labute approximate surface area is 187 Å². The molecule has 0 unspecified atom stereocenters. The van der Waals surface area contributed by atoms with Crippen LogP contribution in [0.4, 0.5) is 4.39 Å². The highest BCUT2D eigenvalue weighted by Crippen LogP contribution is 2.21. The molecule has 2 heterocycles. The summed E-state index contributed by atoms with van der Waals surface area (Å²) in [5, 5.41) is 10.3. The van der Waals surface area contributed by atoms with Crippen LogP contribution < -0.4 is 15.4 Å². The van der Waals surface area contributed by atoms with E-state index in [0.717, 1.165) is 25.7 Å². The molecule has 2 aromatic heterocycles. The largest absolute Gasteiger partial charge is 0.483 e. The Balaban J connectivity index is 1.22. The summed E-state index contributed by atoms with van der Waals surface area (Å²) < 4.78 is 19.1. The van der Waals surface area contributed by atoms with Crippen LogP contribution in [-0.4, -0.2) is 28.9 Å². The number of thiophene rings is 1. The quantitative estimate of drug-likeness (QED) is 0.549. The maximum atomic E-state index is 13.6. The van der Waals surface area contributed by atoms with Crippen molar-refractivity contribution in [3.8, 4) is 5.75 Å². The predicted molar refractivity (Wildman–Crippen MR) is 118 cm³/mol. The van der Waals surface area contributed by atoms with E-state index in [1.54, 1.807) is 23.6 Å². The van der Waals surface area contributed by atoms with Crippen molar-refractivity contribution in [2.75, 3.05) is 0 Å². The molecular formula is C22H22FN3O3S2. The fourth-order valence-corrected chi connectivity index (χ4v) is 4.80. The first kappa shape index (κ1) is 21.5. The summed E-state index contributed by atoms with van der Waals surface area (Å²) in [7, 11) is 0. The molecule has 2 amide bonds. The topological polar surface area (TPSA) is 80.3 Å². The second-order valence-corrected chi connectivity index (χ2v) is 9.21. The molecule has 2 N–H and O–H groups in total. The molecule has 0 atom stereocenters. The van der Waals surface area contributed by atoms with Crippen LogP contribution in [0.5, 0.6) is 5.75 Å². The third-order valence-corrected chi connectivity index (χ3v) is 6.81. The molecular weight excluding hydrogens is 437 g/mol. The molecule has 31 heavy (non-hydrogen) atoms. The van der Waals surface area contributed by atoms with E-state index >= 15 is 0 Å². The van der Waals surface area contributed by atoms with Gasteiger partial charge in [-0.1, -0.05) is 18.2 Å². The molecule has 1 aliphatic rings.